The van der Waals surface area contributed by atoms with Crippen LogP contribution in [0.4, 0.5) is 0 Å². The van der Waals surface area contributed by atoms with Crippen molar-refractivity contribution < 1.29 is 64.6 Å². The Morgan fingerprint density at radius 3 is 1.32 bits per heavy atom. The van der Waals surface area contributed by atoms with Crippen LogP contribution in [0, 0.1) is 0 Å². The van der Waals surface area contributed by atoms with Crippen molar-refractivity contribution in [3.05, 3.63) is 122 Å². The Morgan fingerprint density at radius 2 is 0.863 bits per heavy atom. The predicted molar refractivity (Wildman–Crippen MR) is 322 cm³/mol. The molecular formula is C66H109NO13. The molecule has 9 N–H and O–H groups in total. The number of nitrogens with one attached hydrogen (secondary N) is 1. The lowest BCUT2D eigenvalue weighted by Crippen LogP contribution is -2.65. The molecule has 80 heavy (non-hydrogen) atoms. The van der Waals surface area contributed by atoms with E-state index in [1.165, 1.54) is 57.8 Å². The largest absolute Gasteiger partial charge is 0.394 e. The molecule has 12 atom stereocenters. The number of carbonyl (C=O) groups is 1. The molecule has 0 bridgehead atoms. The molecule has 0 spiro atoms. The highest BCUT2D eigenvalue weighted by Crippen LogP contribution is 2.30. The summed E-state index contributed by atoms with van der Waals surface area (Å²) in [4.78, 5) is 13.2. The van der Waals surface area contributed by atoms with Crippen molar-refractivity contribution in [2.24, 2.45) is 0 Å². The number of rotatable bonds is 47. The van der Waals surface area contributed by atoms with Gasteiger partial charge >= 0.3 is 0 Å². The van der Waals surface area contributed by atoms with Crippen LogP contribution in [0.1, 0.15) is 194 Å². The number of hydrogen-bond acceptors (Lipinski definition) is 13. The Balaban J connectivity index is 1.71. The summed E-state index contributed by atoms with van der Waals surface area (Å²) in [5.74, 6) is -0.265. The van der Waals surface area contributed by atoms with Gasteiger partial charge in [-0.3, -0.25) is 4.79 Å². The Kier molecular flexibility index (Phi) is 45.3. The van der Waals surface area contributed by atoms with Gasteiger partial charge in [0, 0.05) is 6.42 Å². The van der Waals surface area contributed by atoms with E-state index in [9.17, 15) is 45.6 Å². The maximum absolute atomic E-state index is 13.2. The van der Waals surface area contributed by atoms with Gasteiger partial charge in [0.15, 0.2) is 12.6 Å². The van der Waals surface area contributed by atoms with Crippen LogP contribution in [0.2, 0.25) is 0 Å². The van der Waals surface area contributed by atoms with Crippen molar-refractivity contribution in [2.45, 2.75) is 267 Å². The van der Waals surface area contributed by atoms with Crippen LogP contribution in [0.25, 0.3) is 0 Å². The fraction of sp³-hybridized carbons (Fsp3) is 0.682. The van der Waals surface area contributed by atoms with Crippen LogP contribution in [0.5, 0.6) is 0 Å². The molecule has 14 nitrogen and oxygen atoms in total. The van der Waals surface area contributed by atoms with E-state index in [1.807, 2.05) is 6.08 Å². The summed E-state index contributed by atoms with van der Waals surface area (Å²) in [7, 11) is 0. The third-order valence-electron chi connectivity index (χ3n) is 14.2. The third kappa shape index (κ3) is 34.7. The molecule has 2 aliphatic heterocycles. The fourth-order valence-electron chi connectivity index (χ4n) is 9.22. The minimum Gasteiger partial charge on any atom is -0.394 e. The highest BCUT2D eigenvalue weighted by Gasteiger charge is 2.51. The topological polar surface area (TPSA) is 228 Å². The predicted octanol–water partition coefficient (Wildman–Crippen LogP) is 11.0. The Hall–Kier alpha value is -3.61. The summed E-state index contributed by atoms with van der Waals surface area (Å²) in [6.45, 7) is 2.64. The normalized spacial score (nSPS) is 25.1. The molecule has 12 unspecified atom stereocenters. The monoisotopic (exact) mass is 1120 g/mol. The number of allylic oxidation sites excluding steroid dienone is 19. The smallest absolute Gasteiger partial charge is 0.220 e. The van der Waals surface area contributed by atoms with Gasteiger partial charge in [-0.05, 0) is 89.9 Å². The molecule has 0 radical (unpaired) electrons. The van der Waals surface area contributed by atoms with Gasteiger partial charge in [-0.2, -0.15) is 0 Å². The van der Waals surface area contributed by atoms with E-state index in [-0.39, 0.29) is 18.9 Å². The van der Waals surface area contributed by atoms with Crippen molar-refractivity contribution in [3.8, 4) is 0 Å². The molecule has 0 aromatic heterocycles. The molecule has 0 saturated carbocycles. The molecule has 2 rings (SSSR count). The number of ether oxygens (including phenoxy) is 4. The van der Waals surface area contributed by atoms with Gasteiger partial charge in [-0.15, -0.1) is 0 Å². The number of hydrogen-bond donors (Lipinski definition) is 9. The Morgan fingerprint density at radius 1 is 0.463 bits per heavy atom. The molecule has 2 aliphatic rings. The van der Waals surface area contributed by atoms with E-state index in [0.29, 0.717) is 6.42 Å². The highest BCUT2D eigenvalue weighted by atomic mass is 16.7. The lowest BCUT2D eigenvalue weighted by atomic mass is 9.97. The molecule has 0 aromatic rings. The minimum absolute atomic E-state index is 0.250. The van der Waals surface area contributed by atoms with Crippen molar-refractivity contribution in [3.63, 3.8) is 0 Å². The molecule has 2 saturated heterocycles. The van der Waals surface area contributed by atoms with Gasteiger partial charge < -0.3 is 65.1 Å². The van der Waals surface area contributed by atoms with Gasteiger partial charge in [0.1, 0.15) is 48.8 Å². The average molecular weight is 1120 g/mol. The van der Waals surface area contributed by atoms with E-state index >= 15 is 0 Å². The van der Waals surface area contributed by atoms with Crippen LogP contribution in [0.3, 0.4) is 0 Å². The molecule has 14 heteroatoms. The van der Waals surface area contributed by atoms with Gasteiger partial charge in [0.05, 0.1) is 32.0 Å². The first-order valence-electron chi connectivity index (χ1n) is 30.8. The Labute approximate surface area is 482 Å². The zero-order valence-corrected chi connectivity index (χ0v) is 49.0. The lowest BCUT2D eigenvalue weighted by Gasteiger charge is -2.46. The number of aliphatic hydroxyl groups is 8. The number of aliphatic hydroxyl groups excluding tert-OH is 8. The van der Waals surface area contributed by atoms with E-state index in [1.54, 1.807) is 6.08 Å². The number of unbranched alkanes of at least 4 members (excludes halogenated alkanes) is 16. The summed E-state index contributed by atoms with van der Waals surface area (Å²) in [5.41, 5.74) is 0. The maximum atomic E-state index is 13.2. The van der Waals surface area contributed by atoms with E-state index in [2.05, 4.69) is 129 Å². The van der Waals surface area contributed by atoms with Crippen molar-refractivity contribution in [1.29, 1.82) is 0 Å². The van der Waals surface area contributed by atoms with Crippen LogP contribution >= 0.6 is 0 Å². The first-order valence-corrected chi connectivity index (χ1v) is 30.8. The van der Waals surface area contributed by atoms with Crippen molar-refractivity contribution in [1.82, 2.24) is 5.32 Å². The molecule has 456 valence electrons. The molecule has 1 amide bonds. The fourth-order valence-corrected chi connectivity index (χ4v) is 9.22. The van der Waals surface area contributed by atoms with E-state index < -0.39 is 86.8 Å². The number of amides is 1. The van der Waals surface area contributed by atoms with Gasteiger partial charge in [-0.25, -0.2) is 0 Å². The SMILES string of the molecule is CC/C=C\C/C=C\C/C=C\C/C=C\C/C=C\C/C=C\C/C=C\C/C=C\C/C=C\CCCCCCCC(=O)NC(COC1OC(CO)C(OC2OC(CO)C(O)C(O)C2O)C(O)C1O)C(O)/C=C/CCCCCCCCCCCCC. The van der Waals surface area contributed by atoms with Gasteiger partial charge in [0.2, 0.25) is 5.91 Å². The third-order valence-corrected chi connectivity index (χ3v) is 14.2. The quantitative estimate of drug-likeness (QED) is 0.0204. The Bertz CT molecular complexity index is 1800. The zero-order valence-electron chi connectivity index (χ0n) is 49.0. The lowest BCUT2D eigenvalue weighted by molar-refractivity contribution is -0.359. The molecule has 0 aromatic carbocycles. The summed E-state index contributed by atoms with van der Waals surface area (Å²) < 4.78 is 22.7. The first-order chi connectivity index (χ1) is 39.1. The van der Waals surface area contributed by atoms with E-state index in [0.717, 1.165) is 109 Å². The molecule has 2 heterocycles. The molecule has 2 fully saturated rings. The summed E-state index contributed by atoms with van der Waals surface area (Å²) >= 11 is 0. The molecule has 0 aliphatic carbocycles. The zero-order chi connectivity index (χ0) is 58.1. The summed E-state index contributed by atoms with van der Waals surface area (Å²) in [6.07, 6.45) is 55.2. The standard InChI is InChI=1S/C66H109NO13/c1-3-5-7-9-11-13-15-17-18-19-20-21-22-23-24-25-26-27-28-29-30-31-32-33-34-35-36-38-40-42-44-46-48-50-58(71)67-54(55(70)49-47-45-43-41-39-37-16-14-12-10-8-6-4-2)53-77-65-63(76)61(74)64(57(52-69)79-65)80-66-62(75)60(73)59(72)56(51-68)78-66/h5,7,11,13,17-18,20-21,23-24,26-27,29-30,32-33,35-36,47,49,54-57,59-66,68-70,72-76H,3-4,6,8-10,12,14-16,19,22,25,28,31,34,37-46,48,50-53H2,1-2H3,(H,67,71)/b7-5-,13-11-,18-17-,21-20-,24-23-,27-26-,30-29-,33-32-,36-35-,49-47+. The van der Waals surface area contributed by atoms with Crippen molar-refractivity contribution >= 4 is 5.91 Å². The second-order valence-electron chi connectivity index (χ2n) is 21.1. The summed E-state index contributed by atoms with van der Waals surface area (Å²) in [5, 5.41) is 87.0. The first kappa shape index (κ1) is 72.5. The minimum atomic E-state index is -1.80. The van der Waals surface area contributed by atoms with Crippen molar-refractivity contribution in [2.75, 3.05) is 19.8 Å². The van der Waals surface area contributed by atoms with Gasteiger partial charge in [-0.1, -0.05) is 219 Å². The average Bonchev–Trinajstić information content (AvgIpc) is 3.49. The second-order valence-corrected chi connectivity index (χ2v) is 21.1. The van der Waals surface area contributed by atoms with Crippen LogP contribution in [-0.4, -0.2) is 140 Å². The van der Waals surface area contributed by atoms with Crippen LogP contribution in [-0.2, 0) is 23.7 Å². The number of carbonyl (C=O) groups excluding carboxylic acids is 1. The van der Waals surface area contributed by atoms with E-state index in [4.69, 9.17) is 18.9 Å². The highest BCUT2D eigenvalue weighted by molar-refractivity contribution is 5.76. The molecular weight excluding hydrogens is 1010 g/mol. The van der Waals surface area contributed by atoms with Crippen LogP contribution in [0.15, 0.2) is 122 Å². The summed E-state index contributed by atoms with van der Waals surface area (Å²) in [6, 6.07) is -0.934. The van der Waals surface area contributed by atoms with Gasteiger partial charge in [0.25, 0.3) is 0 Å². The maximum Gasteiger partial charge on any atom is 0.220 e. The van der Waals surface area contributed by atoms with Crippen LogP contribution < -0.4 is 5.32 Å². The second kappa shape index (κ2) is 50.0.